The summed E-state index contributed by atoms with van der Waals surface area (Å²) in [6, 6.07) is 9.19. The summed E-state index contributed by atoms with van der Waals surface area (Å²) in [4.78, 5) is 28.5. The molecule has 3 aromatic heterocycles. The maximum absolute atomic E-state index is 13.5. The number of nitrogens with two attached hydrogens (primary N) is 1. The molecule has 0 saturated heterocycles. The summed E-state index contributed by atoms with van der Waals surface area (Å²) in [7, 11) is 1.62. The molecule has 0 fully saturated rings. The Labute approximate surface area is 191 Å². The first-order chi connectivity index (χ1) is 15.1. The number of aryl methyl sites for hydroxylation is 1. The van der Waals surface area contributed by atoms with Crippen molar-refractivity contribution in [3.05, 3.63) is 63.3 Å². The lowest BCUT2D eigenvalue weighted by Crippen LogP contribution is -2.17. The lowest BCUT2D eigenvalue weighted by Gasteiger charge is -2.12. The normalized spacial score (nSPS) is 11.7. The molecule has 0 saturated carbocycles. The molecule has 0 unspecified atom stereocenters. The summed E-state index contributed by atoms with van der Waals surface area (Å²) in [6.45, 7) is 0. The number of nitrogens with one attached hydrogen (secondary N) is 1. The maximum atomic E-state index is 13.5. The number of primary amides is 1. The number of pyridine rings is 1. The number of thiophene rings is 1. The van der Waals surface area contributed by atoms with Gasteiger partial charge >= 0.3 is 6.18 Å². The molecule has 1 aromatic carbocycles. The van der Waals surface area contributed by atoms with Gasteiger partial charge in [-0.25, -0.2) is 4.98 Å². The molecule has 164 valence electrons. The van der Waals surface area contributed by atoms with Gasteiger partial charge in [-0.2, -0.15) is 18.3 Å². The molecule has 0 radical (unpaired) electrons. The zero-order chi connectivity index (χ0) is 23.2. The zero-order valence-electron chi connectivity index (χ0n) is 16.2. The van der Waals surface area contributed by atoms with E-state index in [2.05, 4.69) is 31.3 Å². The third-order valence-electron chi connectivity index (χ3n) is 4.50. The first-order valence-corrected chi connectivity index (χ1v) is 10.6. The van der Waals surface area contributed by atoms with Crippen LogP contribution in [-0.2, 0) is 13.2 Å². The highest BCUT2D eigenvalue weighted by Gasteiger charge is 2.35. The molecular weight excluding hydrogens is 511 g/mol. The first kappa shape index (κ1) is 22.0. The Kier molecular flexibility index (Phi) is 5.51. The van der Waals surface area contributed by atoms with Gasteiger partial charge in [-0.1, -0.05) is 30.3 Å². The summed E-state index contributed by atoms with van der Waals surface area (Å²) in [6.07, 6.45) is -3.15. The number of carbonyl (C=O) groups is 2. The SMILES string of the molecule is Cn1cc(Br)c(C(=O)Nc2c(C(N)=O)sc3nc(C(F)(F)F)cc(-c4ccccc4)c23)n1. The number of benzene rings is 1. The summed E-state index contributed by atoms with van der Waals surface area (Å²) >= 11 is 3.91. The van der Waals surface area contributed by atoms with Crippen molar-refractivity contribution in [2.24, 2.45) is 12.8 Å². The van der Waals surface area contributed by atoms with Gasteiger partial charge in [-0.3, -0.25) is 14.3 Å². The molecule has 4 aromatic rings. The van der Waals surface area contributed by atoms with Crippen LogP contribution >= 0.6 is 27.3 Å². The largest absolute Gasteiger partial charge is 0.433 e. The number of amides is 2. The van der Waals surface area contributed by atoms with E-state index in [0.717, 1.165) is 6.07 Å². The molecule has 12 heteroatoms. The number of aromatic nitrogens is 3. The average molecular weight is 524 g/mol. The van der Waals surface area contributed by atoms with Crippen molar-refractivity contribution in [3.8, 4) is 11.1 Å². The minimum Gasteiger partial charge on any atom is -0.365 e. The molecule has 3 heterocycles. The topological polar surface area (TPSA) is 103 Å². The molecule has 2 amide bonds. The van der Waals surface area contributed by atoms with Crippen molar-refractivity contribution in [2.75, 3.05) is 5.32 Å². The number of anilines is 1. The standard InChI is InChI=1S/C20H13BrF3N5O2S/c1-29-8-11(21)14(28-29)18(31)27-15-13-10(9-5-3-2-4-6-9)7-12(20(22,23)24)26-19(13)32-16(15)17(25)30/h2-8H,1H3,(H2,25,30)(H,27,31). The van der Waals surface area contributed by atoms with Crippen LogP contribution in [0, 0.1) is 0 Å². The van der Waals surface area contributed by atoms with Gasteiger partial charge in [0.2, 0.25) is 0 Å². The number of carbonyl (C=O) groups excluding carboxylic acids is 2. The van der Waals surface area contributed by atoms with Crippen molar-refractivity contribution in [1.82, 2.24) is 14.8 Å². The highest BCUT2D eigenvalue weighted by Crippen LogP contribution is 2.43. The molecule has 32 heavy (non-hydrogen) atoms. The second kappa shape index (κ2) is 8.02. The van der Waals surface area contributed by atoms with E-state index in [0.29, 0.717) is 21.4 Å². The molecule has 0 aliphatic rings. The Morgan fingerprint density at radius 2 is 1.91 bits per heavy atom. The lowest BCUT2D eigenvalue weighted by atomic mass is 10.0. The van der Waals surface area contributed by atoms with Crippen molar-refractivity contribution in [2.45, 2.75) is 6.18 Å². The predicted molar refractivity (Wildman–Crippen MR) is 117 cm³/mol. The van der Waals surface area contributed by atoms with Gasteiger partial charge in [0.25, 0.3) is 11.8 Å². The van der Waals surface area contributed by atoms with Crippen LogP contribution in [0.15, 0.2) is 47.1 Å². The minimum absolute atomic E-state index is 0.0138. The smallest absolute Gasteiger partial charge is 0.365 e. The molecule has 0 aliphatic carbocycles. The predicted octanol–water partition coefficient (Wildman–Crippen LogP) is 4.83. The monoisotopic (exact) mass is 523 g/mol. The van der Waals surface area contributed by atoms with Gasteiger partial charge in [-0.05, 0) is 33.1 Å². The Morgan fingerprint density at radius 3 is 2.47 bits per heavy atom. The van der Waals surface area contributed by atoms with Crippen LogP contribution in [0.5, 0.6) is 0 Å². The fraction of sp³-hybridized carbons (Fsp3) is 0.100. The molecule has 7 nitrogen and oxygen atoms in total. The van der Waals surface area contributed by atoms with E-state index in [1.165, 1.54) is 4.68 Å². The third-order valence-corrected chi connectivity index (χ3v) is 6.18. The second-order valence-corrected chi connectivity index (χ2v) is 8.58. The van der Waals surface area contributed by atoms with Gasteiger partial charge in [-0.15, -0.1) is 11.3 Å². The Balaban J connectivity index is 1.99. The number of hydrogen-bond donors (Lipinski definition) is 2. The molecule has 0 aliphatic heterocycles. The first-order valence-electron chi connectivity index (χ1n) is 8.96. The quantitative estimate of drug-likeness (QED) is 0.399. The molecule has 0 spiro atoms. The number of hydrogen-bond acceptors (Lipinski definition) is 5. The number of rotatable bonds is 4. The third kappa shape index (κ3) is 3.98. The van der Waals surface area contributed by atoms with Gasteiger partial charge < -0.3 is 11.1 Å². The van der Waals surface area contributed by atoms with Crippen molar-refractivity contribution in [1.29, 1.82) is 0 Å². The van der Waals surface area contributed by atoms with Gasteiger partial charge in [0.05, 0.1) is 10.2 Å². The molecule has 3 N–H and O–H groups in total. The van der Waals surface area contributed by atoms with Crippen LogP contribution in [0.25, 0.3) is 21.3 Å². The van der Waals surface area contributed by atoms with E-state index in [4.69, 9.17) is 5.73 Å². The lowest BCUT2D eigenvalue weighted by molar-refractivity contribution is -0.140. The van der Waals surface area contributed by atoms with Crippen molar-refractivity contribution < 1.29 is 22.8 Å². The van der Waals surface area contributed by atoms with Crippen LogP contribution in [0.3, 0.4) is 0 Å². The van der Waals surface area contributed by atoms with Crippen LogP contribution in [0.1, 0.15) is 25.9 Å². The minimum atomic E-state index is -4.71. The summed E-state index contributed by atoms with van der Waals surface area (Å²) in [5, 5.41) is 6.83. The number of fused-ring (bicyclic) bond motifs is 1. The summed E-state index contributed by atoms with van der Waals surface area (Å²) in [5.41, 5.74) is 4.99. The highest BCUT2D eigenvalue weighted by molar-refractivity contribution is 9.10. The fourth-order valence-electron chi connectivity index (χ4n) is 3.17. The van der Waals surface area contributed by atoms with E-state index in [9.17, 15) is 22.8 Å². The molecule has 0 atom stereocenters. The van der Waals surface area contributed by atoms with Crippen LogP contribution < -0.4 is 11.1 Å². The van der Waals surface area contributed by atoms with Crippen molar-refractivity contribution >= 4 is 55.0 Å². The Bertz CT molecular complexity index is 1370. The Morgan fingerprint density at radius 1 is 1.22 bits per heavy atom. The number of alkyl halides is 3. The highest BCUT2D eigenvalue weighted by atomic mass is 79.9. The van der Waals surface area contributed by atoms with Crippen LogP contribution in [-0.4, -0.2) is 26.6 Å². The average Bonchev–Trinajstić information content (AvgIpc) is 3.26. The maximum Gasteiger partial charge on any atom is 0.433 e. The van der Waals surface area contributed by atoms with E-state index in [1.54, 1.807) is 43.6 Å². The van der Waals surface area contributed by atoms with Crippen molar-refractivity contribution in [3.63, 3.8) is 0 Å². The second-order valence-electron chi connectivity index (χ2n) is 6.72. The van der Waals surface area contributed by atoms with Gasteiger partial charge in [0, 0.05) is 18.6 Å². The van der Waals surface area contributed by atoms with Crippen LogP contribution in [0.2, 0.25) is 0 Å². The molecule has 4 rings (SSSR count). The number of halogens is 4. The number of nitrogens with zero attached hydrogens (tertiary/aromatic N) is 3. The van der Waals surface area contributed by atoms with E-state index in [1.807, 2.05) is 0 Å². The summed E-state index contributed by atoms with van der Waals surface area (Å²) < 4.78 is 42.4. The fourth-order valence-corrected chi connectivity index (χ4v) is 4.73. The van der Waals surface area contributed by atoms with Gasteiger partial charge in [0.1, 0.15) is 15.4 Å². The van der Waals surface area contributed by atoms with Gasteiger partial charge in [0.15, 0.2) is 5.69 Å². The van der Waals surface area contributed by atoms with E-state index in [-0.39, 0.29) is 32.0 Å². The zero-order valence-corrected chi connectivity index (χ0v) is 18.6. The van der Waals surface area contributed by atoms with E-state index < -0.39 is 23.7 Å². The summed E-state index contributed by atoms with van der Waals surface area (Å²) in [5.74, 6) is -1.57. The van der Waals surface area contributed by atoms with Crippen LogP contribution in [0.4, 0.5) is 18.9 Å². The molecular formula is C20H13BrF3N5O2S. The Hall–Kier alpha value is -3.25. The molecule has 0 bridgehead atoms. The van der Waals surface area contributed by atoms with E-state index >= 15 is 0 Å².